The Morgan fingerprint density at radius 2 is 1.52 bits per heavy atom. The lowest BCUT2D eigenvalue weighted by Crippen LogP contribution is -2.39. The summed E-state index contributed by atoms with van der Waals surface area (Å²) in [5.74, 6) is -0.112. The number of hydrogen-bond acceptors (Lipinski definition) is 6. The monoisotopic (exact) mass is 460 g/mol. The van der Waals surface area contributed by atoms with Crippen molar-refractivity contribution in [2.45, 2.75) is 89.1 Å². The zero-order chi connectivity index (χ0) is 23.3. The number of nitrogens with one attached hydrogen (secondary N) is 1. The third kappa shape index (κ3) is 9.43. The molecule has 0 aliphatic heterocycles. The van der Waals surface area contributed by atoms with Gasteiger partial charge in [-0.2, -0.15) is 0 Å². The van der Waals surface area contributed by atoms with E-state index in [4.69, 9.17) is 19.9 Å². The minimum absolute atomic E-state index is 0.0638. The van der Waals surface area contributed by atoms with Gasteiger partial charge in [-0.3, -0.25) is 9.59 Å². The lowest BCUT2D eigenvalue weighted by molar-refractivity contribution is -0.151. The van der Waals surface area contributed by atoms with E-state index in [-0.39, 0.29) is 29.9 Å². The predicted octanol–water partition coefficient (Wildman–Crippen LogP) is 3.49. The smallest absolute Gasteiger partial charge is 0.309 e. The van der Waals surface area contributed by atoms with Gasteiger partial charge in [0.1, 0.15) is 6.61 Å². The van der Waals surface area contributed by atoms with E-state index >= 15 is 0 Å². The fourth-order valence-electron chi connectivity index (χ4n) is 4.70. The number of carbonyl (C=O) groups excluding carboxylic acids is 2. The van der Waals surface area contributed by atoms with Gasteiger partial charge in [0.25, 0.3) is 0 Å². The molecule has 0 saturated heterocycles. The molecule has 0 bridgehead atoms. The fourth-order valence-corrected chi connectivity index (χ4v) is 4.70. The zero-order valence-electron chi connectivity index (χ0n) is 19.7. The Balaban J connectivity index is 1.21. The molecule has 0 radical (unpaired) electrons. The highest BCUT2D eigenvalue weighted by atomic mass is 16.5. The zero-order valence-corrected chi connectivity index (χ0v) is 19.7. The Morgan fingerprint density at radius 1 is 0.879 bits per heavy atom. The summed E-state index contributed by atoms with van der Waals surface area (Å²) in [7, 11) is 0. The van der Waals surface area contributed by atoms with Gasteiger partial charge >= 0.3 is 5.97 Å². The molecule has 0 heterocycles. The molecule has 7 nitrogen and oxygen atoms in total. The van der Waals surface area contributed by atoms with Crippen molar-refractivity contribution < 1.29 is 23.8 Å². The van der Waals surface area contributed by atoms with Crippen LogP contribution in [0.1, 0.15) is 69.8 Å². The van der Waals surface area contributed by atoms with Gasteiger partial charge < -0.3 is 25.3 Å². The van der Waals surface area contributed by atoms with Crippen LogP contribution in [0.3, 0.4) is 0 Å². The normalized spacial score (nSPS) is 25.4. The Bertz CT molecular complexity index is 698. The van der Waals surface area contributed by atoms with Crippen molar-refractivity contribution in [1.82, 2.24) is 5.32 Å². The quantitative estimate of drug-likeness (QED) is 0.366. The van der Waals surface area contributed by atoms with E-state index < -0.39 is 0 Å². The third-order valence-electron chi connectivity index (χ3n) is 6.64. The Morgan fingerprint density at radius 3 is 2.15 bits per heavy atom. The van der Waals surface area contributed by atoms with Gasteiger partial charge in [-0.1, -0.05) is 30.3 Å². The van der Waals surface area contributed by atoms with Gasteiger partial charge in [0.2, 0.25) is 5.91 Å². The summed E-state index contributed by atoms with van der Waals surface area (Å²) in [6.45, 7) is 2.14. The first kappa shape index (κ1) is 25.7. The molecule has 0 aromatic heterocycles. The molecule has 33 heavy (non-hydrogen) atoms. The summed E-state index contributed by atoms with van der Waals surface area (Å²) in [4.78, 5) is 24.6. The summed E-state index contributed by atoms with van der Waals surface area (Å²) in [5, 5.41) is 3.13. The van der Waals surface area contributed by atoms with Crippen LogP contribution in [0.4, 0.5) is 0 Å². The highest BCUT2D eigenvalue weighted by Crippen LogP contribution is 2.26. The van der Waals surface area contributed by atoms with E-state index in [1.165, 1.54) is 0 Å². The van der Waals surface area contributed by atoms with Crippen LogP contribution in [0, 0.1) is 5.92 Å². The van der Waals surface area contributed by atoms with E-state index in [0.717, 1.165) is 63.4 Å². The predicted molar refractivity (Wildman–Crippen MR) is 126 cm³/mol. The van der Waals surface area contributed by atoms with Crippen molar-refractivity contribution in [2.75, 3.05) is 19.8 Å². The highest BCUT2D eigenvalue weighted by molar-refractivity contribution is 5.76. The SMILES string of the molecule is NCCOC1CCC(OCCCC(=O)NC2CCC(C(=O)OCc3ccccc3)CC2)CC1. The van der Waals surface area contributed by atoms with E-state index in [2.05, 4.69) is 5.32 Å². The number of amides is 1. The van der Waals surface area contributed by atoms with Crippen molar-refractivity contribution in [2.24, 2.45) is 11.7 Å². The van der Waals surface area contributed by atoms with Crippen LogP contribution in [0.5, 0.6) is 0 Å². The molecule has 1 aromatic carbocycles. The Labute approximate surface area is 197 Å². The summed E-state index contributed by atoms with van der Waals surface area (Å²) < 4.78 is 17.1. The van der Waals surface area contributed by atoms with Crippen LogP contribution < -0.4 is 11.1 Å². The lowest BCUT2D eigenvalue weighted by Gasteiger charge is -2.29. The molecule has 2 saturated carbocycles. The maximum atomic E-state index is 12.3. The molecule has 0 spiro atoms. The summed E-state index contributed by atoms with van der Waals surface area (Å²) in [6.07, 6.45) is 9.05. The van der Waals surface area contributed by atoms with Gasteiger partial charge in [-0.05, 0) is 63.4 Å². The number of hydrogen-bond donors (Lipinski definition) is 2. The second-order valence-corrected chi connectivity index (χ2v) is 9.24. The Hall–Kier alpha value is -1.96. The van der Waals surface area contributed by atoms with E-state index in [1.807, 2.05) is 30.3 Å². The van der Waals surface area contributed by atoms with E-state index in [1.54, 1.807) is 0 Å². The second-order valence-electron chi connectivity index (χ2n) is 9.24. The summed E-state index contributed by atoms with van der Waals surface area (Å²) in [6, 6.07) is 9.88. The number of carbonyl (C=O) groups is 2. The van der Waals surface area contributed by atoms with Crippen LogP contribution in [0.15, 0.2) is 30.3 Å². The third-order valence-corrected chi connectivity index (χ3v) is 6.64. The van der Waals surface area contributed by atoms with Gasteiger partial charge in [0, 0.05) is 25.6 Å². The fraction of sp³-hybridized carbons (Fsp3) is 0.692. The molecule has 2 aliphatic rings. The number of rotatable bonds is 12. The highest BCUT2D eigenvalue weighted by Gasteiger charge is 2.28. The molecule has 1 amide bonds. The van der Waals surface area contributed by atoms with Crippen LogP contribution in [-0.2, 0) is 30.4 Å². The number of nitrogens with two attached hydrogens (primary N) is 1. The van der Waals surface area contributed by atoms with E-state index in [9.17, 15) is 9.59 Å². The summed E-state index contributed by atoms with van der Waals surface area (Å²) in [5.41, 5.74) is 6.48. The topological polar surface area (TPSA) is 99.9 Å². The molecule has 7 heteroatoms. The van der Waals surface area contributed by atoms with E-state index in [0.29, 0.717) is 38.9 Å². The first-order valence-corrected chi connectivity index (χ1v) is 12.6. The largest absolute Gasteiger partial charge is 0.461 e. The standard InChI is InChI=1S/C26H40N2O5/c27-16-18-32-24-14-12-23(13-15-24)31-17-4-7-25(29)28-22-10-8-21(9-11-22)26(30)33-19-20-5-2-1-3-6-20/h1-3,5-6,21-24H,4,7-19,27H2,(H,28,29). The molecule has 184 valence electrons. The van der Waals surface area contributed by atoms with Crippen molar-refractivity contribution in [1.29, 1.82) is 0 Å². The van der Waals surface area contributed by atoms with Crippen molar-refractivity contribution in [3.8, 4) is 0 Å². The maximum Gasteiger partial charge on any atom is 0.309 e. The molecule has 2 aliphatic carbocycles. The number of esters is 1. The van der Waals surface area contributed by atoms with Crippen LogP contribution in [0.2, 0.25) is 0 Å². The number of ether oxygens (including phenoxy) is 3. The Kier molecular flexibility index (Phi) is 11.1. The molecular weight excluding hydrogens is 420 g/mol. The van der Waals surface area contributed by atoms with Gasteiger partial charge in [-0.15, -0.1) is 0 Å². The minimum atomic E-state index is -0.124. The molecule has 0 atom stereocenters. The first-order valence-electron chi connectivity index (χ1n) is 12.6. The molecule has 3 rings (SSSR count). The van der Waals surface area contributed by atoms with Crippen LogP contribution in [0.25, 0.3) is 0 Å². The minimum Gasteiger partial charge on any atom is -0.461 e. The molecule has 3 N–H and O–H groups in total. The molecule has 2 fully saturated rings. The van der Waals surface area contributed by atoms with Gasteiger partial charge in [-0.25, -0.2) is 0 Å². The van der Waals surface area contributed by atoms with Crippen molar-refractivity contribution in [3.63, 3.8) is 0 Å². The first-order chi connectivity index (χ1) is 16.1. The molecular formula is C26H40N2O5. The average molecular weight is 461 g/mol. The van der Waals surface area contributed by atoms with Crippen LogP contribution in [-0.4, -0.2) is 49.9 Å². The van der Waals surface area contributed by atoms with Crippen molar-refractivity contribution in [3.05, 3.63) is 35.9 Å². The van der Waals surface area contributed by atoms with Crippen molar-refractivity contribution >= 4 is 11.9 Å². The lowest BCUT2D eigenvalue weighted by atomic mass is 9.86. The average Bonchev–Trinajstić information content (AvgIpc) is 2.85. The summed E-state index contributed by atoms with van der Waals surface area (Å²) >= 11 is 0. The molecule has 0 unspecified atom stereocenters. The molecule has 1 aromatic rings. The van der Waals surface area contributed by atoms with Gasteiger partial charge in [0.15, 0.2) is 0 Å². The second kappa shape index (κ2) is 14.3. The number of benzene rings is 1. The van der Waals surface area contributed by atoms with Gasteiger partial charge in [0.05, 0.1) is 24.7 Å². The maximum absolute atomic E-state index is 12.3. The van der Waals surface area contributed by atoms with Crippen LogP contribution >= 0.6 is 0 Å².